The zero-order valence-electron chi connectivity index (χ0n) is 11.1. The lowest BCUT2D eigenvalue weighted by atomic mass is 10.1. The lowest BCUT2D eigenvalue weighted by Crippen LogP contribution is -2.23. The van der Waals surface area contributed by atoms with Crippen LogP contribution in [0.1, 0.15) is 22.7 Å². The number of rotatable bonds is 4. The van der Waals surface area contributed by atoms with E-state index in [-0.39, 0.29) is 11.4 Å². The second-order valence-corrected chi connectivity index (χ2v) is 6.20. The van der Waals surface area contributed by atoms with Crippen molar-refractivity contribution in [3.05, 3.63) is 47.2 Å². The minimum Gasteiger partial charge on any atom is -0.449 e. The summed E-state index contributed by atoms with van der Waals surface area (Å²) in [7, 11) is -3.52. The third-order valence-electron chi connectivity index (χ3n) is 2.90. The Morgan fingerprint density at radius 2 is 1.95 bits per heavy atom. The fourth-order valence-corrected chi connectivity index (χ4v) is 2.71. The summed E-state index contributed by atoms with van der Waals surface area (Å²) in [6, 6.07) is 5.05. The van der Waals surface area contributed by atoms with Crippen LogP contribution in [0.3, 0.4) is 0 Å². The summed E-state index contributed by atoms with van der Waals surface area (Å²) in [6.45, 7) is 5.65. The van der Waals surface area contributed by atoms with Gasteiger partial charge in [-0.1, -0.05) is 6.07 Å². The SMILES string of the molecule is Cc1nc(CNS(=O)(=O)c2ccc(C)c(C)c2)co1. The highest BCUT2D eigenvalue weighted by Crippen LogP contribution is 2.15. The average Bonchev–Trinajstić information content (AvgIpc) is 2.76. The molecule has 0 bridgehead atoms. The molecule has 0 aliphatic rings. The molecule has 0 aliphatic carbocycles. The second-order valence-electron chi connectivity index (χ2n) is 4.43. The van der Waals surface area contributed by atoms with Crippen molar-refractivity contribution < 1.29 is 12.8 Å². The van der Waals surface area contributed by atoms with Crippen molar-refractivity contribution >= 4 is 10.0 Å². The van der Waals surface area contributed by atoms with Crippen molar-refractivity contribution in [2.24, 2.45) is 0 Å². The molecule has 1 aromatic heterocycles. The molecule has 0 spiro atoms. The minimum absolute atomic E-state index is 0.118. The normalized spacial score (nSPS) is 11.7. The summed E-state index contributed by atoms with van der Waals surface area (Å²) in [5.74, 6) is 0.514. The lowest BCUT2D eigenvalue weighted by molar-refractivity contribution is 0.520. The van der Waals surface area contributed by atoms with E-state index in [1.54, 1.807) is 25.1 Å². The largest absolute Gasteiger partial charge is 0.449 e. The van der Waals surface area contributed by atoms with E-state index < -0.39 is 10.0 Å². The topological polar surface area (TPSA) is 72.2 Å². The number of sulfonamides is 1. The molecule has 5 nitrogen and oxygen atoms in total. The Labute approximate surface area is 112 Å². The molecule has 0 unspecified atom stereocenters. The van der Waals surface area contributed by atoms with Crippen LogP contribution in [-0.4, -0.2) is 13.4 Å². The molecule has 0 saturated carbocycles. The molecule has 0 fully saturated rings. The quantitative estimate of drug-likeness (QED) is 0.930. The fourth-order valence-electron chi connectivity index (χ4n) is 1.62. The first-order valence-corrected chi connectivity index (χ1v) is 7.35. The Morgan fingerprint density at radius 1 is 1.21 bits per heavy atom. The highest BCUT2D eigenvalue weighted by Gasteiger charge is 2.15. The summed E-state index contributed by atoms with van der Waals surface area (Å²) < 4.78 is 31.7. The zero-order chi connectivity index (χ0) is 14.0. The van der Waals surface area contributed by atoms with Gasteiger partial charge in [0.05, 0.1) is 17.1 Å². The summed E-state index contributed by atoms with van der Waals surface area (Å²) >= 11 is 0. The van der Waals surface area contributed by atoms with Gasteiger partial charge in [-0.2, -0.15) is 0 Å². The summed E-state index contributed by atoms with van der Waals surface area (Å²) in [6.07, 6.45) is 1.44. The highest BCUT2D eigenvalue weighted by molar-refractivity contribution is 7.89. The Kier molecular flexibility index (Phi) is 3.73. The van der Waals surface area contributed by atoms with E-state index in [9.17, 15) is 8.42 Å². The van der Waals surface area contributed by atoms with E-state index >= 15 is 0 Å². The number of nitrogens with one attached hydrogen (secondary N) is 1. The van der Waals surface area contributed by atoms with Crippen molar-refractivity contribution in [3.63, 3.8) is 0 Å². The third kappa shape index (κ3) is 3.21. The number of oxazole rings is 1. The van der Waals surface area contributed by atoms with E-state index in [2.05, 4.69) is 9.71 Å². The minimum atomic E-state index is -3.52. The molecule has 0 saturated heterocycles. The van der Waals surface area contributed by atoms with Crippen LogP contribution in [0.2, 0.25) is 0 Å². The maximum absolute atomic E-state index is 12.1. The van der Waals surface area contributed by atoms with Gasteiger partial charge in [0, 0.05) is 6.92 Å². The molecular formula is C13H16N2O3S. The van der Waals surface area contributed by atoms with Gasteiger partial charge < -0.3 is 4.42 Å². The van der Waals surface area contributed by atoms with Gasteiger partial charge in [-0.25, -0.2) is 18.1 Å². The zero-order valence-corrected chi connectivity index (χ0v) is 11.9. The van der Waals surface area contributed by atoms with E-state index in [1.165, 1.54) is 6.26 Å². The number of aryl methyl sites for hydroxylation is 3. The second kappa shape index (κ2) is 5.14. The van der Waals surface area contributed by atoms with Crippen molar-refractivity contribution in [1.29, 1.82) is 0 Å². The number of aromatic nitrogens is 1. The molecule has 19 heavy (non-hydrogen) atoms. The molecule has 0 amide bonds. The molecule has 2 rings (SSSR count). The van der Waals surface area contributed by atoms with Gasteiger partial charge in [0.2, 0.25) is 10.0 Å². The number of hydrogen-bond acceptors (Lipinski definition) is 4. The Balaban J connectivity index is 2.16. The van der Waals surface area contributed by atoms with Crippen molar-refractivity contribution in [3.8, 4) is 0 Å². The predicted molar refractivity (Wildman–Crippen MR) is 71.2 cm³/mol. The van der Waals surface area contributed by atoms with Crippen molar-refractivity contribution in [1.82, 2.24) is 9.71 Å². The summed E-state index contributed by atoms with van der Waals surface area (Å²) in [4.78, 5) is 4.31. The standard InChI is InChI=1S/C13H16N2O3S/c1-9-4-5-13(6-10(9)2)19(16,17)14-7-12-8-18-11(3)15-12/h4-6,8,14H,7H2,1-3H3. The first-order chi connectivity index (χ1) is 8.88. The van der Waals surface area contributed by atoms with Crippen LogP contribution in [-0.2, 0) is 16.6 Å². The summed E-state index contributed by atoms with van der Waals surface area (Å²) in [5, 5.41) is 0. The van der Waals surface area contributed by atoms with Crippen LogP contribution in [0.5, 0.6) is 0 Å². The third-order valence-corrected chi connectivity index (χ3v) is 4.30. The molecule has 0 atom stereocenters. The number of benzene rings is 1. The highest BCUT2D eigenvalue weighted by atomic mass is 32.2. The van der Waals surface area contributed by atoms with Gasteiger partial charge in [0.1, 0.15) is 6.26 Å². The van der Waals surface area contributed by atoms with Crippen LogP contribution in [0, 0.1) is 20.8 Å². The predicted octanol–water partition coefficient (Wildman–Crippen LogP) is 2.08. The fraction of sp³-hybridized carbons (Fsp3) is 0.308. The monoisotopic (exact) mass is 280 g/mol. The maximum atomic E-state index is 12.1. The van der Waals surface area contributed by atoms with E-state index in [4.69, 9.17) is 4.42 Å². The van der Waals surface area contributed by atoms with E-state index in [0.717, 1.165) is 11.1 Å². The molecule has 1 heterocycles. The smallest absolute Gasteiger partial charge is 0.240 e. The first kappa shape index (κ1) is 13.8. The Morgan fingerprint density at radius 3 is 2.53 bits per heavy atom. The van der Waals surface area contributed by atoms with Crippen LogP contribution in [0.15, 0.2) is 33.8 Å². The van der Waals surface area contributed by atoms with E-state index in [1.807, 2.05) is 13.8 Å². The van der Waals surface area contributed by atoms with Crippen molar-refractivity contribution in [2.45, 2.75) is 32.2 Å². The maximum Gasteiger partial charge on any atom is 0.240 e. The van der Waals surface area contributed by atoms with Gasteiger partial charge >= 0.3 is 0 Å². The average molecular weight is 280 g/mol. The van der Waals surface area contributed by atoms with Gasteiger partial charge in [-0.15, -0.1) is 0 Å². The lowest BCUT2D eigenvalue weighted by Gasteiger charge is -2.07. The van der Waals surface area contributed by atoms with Crippen LogP contribution in [0.25, 0.3) is 0 Å². The van der Waals surface area contributed by atoms with Gasteiger partial charge in [-0.05, 0) is 37.1 Å². The molecule has 2 aromatic rings. The van der Waals surface area contributed by atoms with Crippen LogP contribution < -0.4 is 4.72 Å². The number of nitrogens with zero attached hydrogens (tertiary/aromatic N) is 1. The molecule has 1 aromatic carbocycles. The molecule has 0 radical (unpaired) electrons. The van der Waals surface area contributed by atoms with Gasteiger partial charge in [-0.3, -0.25) is 0 Å². The first-order valence-electron chi connectivity index (χ1n) is 5.86. The molecular weight excluding hydrogens is 264 g/mol. The van der Waals surface area contributed by atoms with Crippen LogP contribution in [0.4, 0.5) is 0 Å². The molecule has 1 N–H and O–H groups in total. The molecule has 0 aliphatic heterocycles. The van der Waals surface area contributed by atoms with Gasteiger partial charge in [0.15, 0.2) is 5.89 Å². The Bertz CT molecular complexity index is 690. The molecule has 102 valence electrons. The number of hydrogen-bond donors (Lipinski definition) is 1. The van der Waals surface area contributed by atoms with E-state index in [0.29, 0.717) is 11.6 Å². The molecule has 6 heteroatoms. The van der Waals surface area contributed by atoms with Crippen molar-refractivity contribution in [2.75, 3.05) is 0 Å². The van der Waals surface area contributed by atoms with Gasteiger partial charge in [0.25, 0.3) is 0 Å². The van der Waals surface area contributed by atoms with Crippen LogP contribution >= 0.6 is 0 Å². The summed E-state index contributed by atoms with van der Waals surface area (Å²) in [5.41, 5.74) is 2.57. The Hall–Kier alpha value is -1.66.